The summed E-state index contributed by atoms with van der Waals surface area (Å²) >= 11 is 0. The number of aliphatic hydroxyl groups is 1. The van der Waals surface area contributed by atoms with Crippen molar-refractivity contribution in [3.63, 3.8) is 0 Å². The van der Waals surface area contributed by atoms with Crippen LogP contribution in [0, 0.1) is 5.82 Å². The first-order chi connectivity index (χ1) is 9.61. The molecule has 0 spiro atoms. The minimum atomic E-state index is -5.51. The van der Waals surface area contributed by atoms with Crippen LogP contribution < -0.4 is 5.32 Å². The van der Waals surface area contributed by atoms with Crippen LogP contribution in [0.1, 0.15) is 17.3 Å². The van der Waals surface area contributed by atoms with Gasteiger partial charge in [0.05, 0.1) is 6.61 Å². The monoisotopic (exact) mass is 309 g/mol. The number of benzene rings is 1. The molecule has 1 rings (SSSR count). The number of esters is 1. The lowest BCUT2D eigenvalue weighted by Crippen LogP contribution is -2.64. The van der Waals surface area contributed by atoms with Gasteiger partial charge in [-0.3, -0.25) is 4.79 Å². The van der Waals surface area contributed by atoms with E-state index in [2.05, 4.69) is 4.74 Å². The number of nitrogens with one attached hydrogen (secondary N) is 1. The highest BCUT2D eigenvalue weighted by molar-refractivity contribution is 5.97. The molecular formula is C12H11F4NO4. The Bertz CT molecular complexity index is 546. The number of hydrogen-bond acceptors (Lipinski definition) is 4. The molecule has 9 heteroatoms. The Labute approximate surface area is 116 Å². The van der Waals surface area contributed by atoms with Crippen LogP contribution in [0.4, 0.5) is 17.6 Å². The molecule has 0 aliphatic carbocycles. The second-order valence-electron chi connectivity index (χ2n) is 3.89. The number of rotatable bonds is 4. The first kappa shape index (κ1) is 16.9. The van der Waals surface area contributed by atoms with Gasteiger partial charge in [0, 0.05) is 5.56 Å². The molecule has 5 nitrogen and oxygen atoms in total. The van der Waals surface area contributed by atoms with Gasteiger partial charge in [0.2, 0.25) is 0 Å². The molecule has 2 N–H and O–H groups in total. The molecule has 1 atom stereocenters. The number of alkyl halides is 3. The van der Waals surface area contributed by atoms with Gasteiger partial charge in [-0.05, 0) is 25.1 Å². The van der Waals surface area contributed by atoms with E-state index in [0.29, 0.717) is 6.07 Å². The first-order valence-electron chi connectivity index (χ1n) is 5.66. The van der Waals surface area contributed by atoms with Gasteiger partial charge in [-0.2, -0.15) is 13.2 Å². The van der Waals surface area contributed by atoms with Gasteiger partial charge in [-0.1, -0.05) is 6.07 Å². The van der Waals surface area contributed by atoms with Crippen molar-refractivity contribution in [2.75, 3.05) is 6.61 Å². The fraction of sp³-hybridized carbons (Fsp3) is 0.333. The van der Waals surface area contributed by atoms with Crippen molar-refractivity contribution >= 4 is 11.9 Å². The van der Waals surface area contributed by atoms with Gasteiger partial charge in [0.25, 0.3) is 5.91 Å². The molecule has 1 amide bonds. The summed E-state index contributed by atoms with van der Waals surface area (Å²) in [4.78, 5) is 22.9. The Balaban J connectivity index is 3.08. The van der Waals surface area contributed by atoms with Crippen molar-refractivity contribution in [3.8, 4) is 0 Å². The standard InChI is InChI=1S/C12H11F4NO4/c1-2-21-10(19)11(20,12(14,15)16)17-9(18)7-4-3-5-8(13)6-7/h3-6,20H,2H2,1H3,(H,17,18). The largest absolute Gasteiger partial charge is 0.462 e. The van der Waals surface area contributed by atoms with Gasteiger partial charge in [0.15, 0.2) is 0 Å². The van der Waals surface area contributed by atoms with E-state index in [1.807, 2.05) is 0 Å². The molecule has 0 radical (unpaired) electrons. The fourth-order valence-electron chi connectivity index (χ4n) is 1.34. The highest BCUT2D eigenvalue weighted by Crippen LogP contribution is 2.29. The SMILES string of the molecule is CCOC(=O)C(O)(NC(=O)c1cccc(F)c1)C(F)(F)F. The minimum absolute atomic E-state index is 0.437. The zero-order valence-electron chi connectivity index (χ0n) is 10.7. The lowest BCUT2D eigenvalue weighted by Gasteiger charge is -2.28. The lowest BCUT2D eigenvalue weighted by molar-refractivity contribution is -0.269. The normalized spacial score (nSPS) is 14.2. The summed E-state index contributed by atoms with van der Waals surface area (Å²) in [7, 11) is 0. The maximum atomic E-state index is 12.9. The van der Waals surface area contributed by atoms with Gasteiger partial charge in [-0.15, -0.1) is 0 Å². The molecule has 0 bridgehead atoms. The zero-order valence-corrected chi connectivity index (χ0v) is 10.7. The highest BCUT2D eigenvalue weighted by atomic mass is 19.4. The Morgan fingerprint density at radius 2 is 1.95 bits per heavy atom. The molecule has 1 aromatic carbocycles. The molecule has 116 valence electrons. The number of carbonyl (C=O) groups is 2. The number of carbonyl (C=O) groups excluding carboxylic acids is 2. The quantitative estimate of drug-likeness (QED) is 0.500. The van der Waals surface area contributed by atoms with E-state index < -0.39 is 41.8 Å². The fourth-order valence-corrected chi connectivity index (χ4v) is 1.34. The van der Waals surface area contributed by atoms with Gasteiger partial charge in [0.1, 0.15) is 5.82 Å². The minimum Gasteiger partial charge on any atom is -0.462 e. The number of ether oxygens (including phenoxy) is 1. The van der Waals surface area contributed by atoms with E-state index in [4.69, 9.17) is 0 Å². The molecule has 0 saturated heterocycles. The van der Waals surface area contributed by atoms with Crippen LogP contribution in [0.25, 0.3) is 0 Å². The Hall–Kier alpha value is -2.16. The van der Waals surface area contributed by atoms with Crippen LogP contribution in [0.5, 0.6) is 0 Å². The van der Waals surface area contributed by atoms with E-state index in [1.54, 1.807) is 0 Å². The van der Waals surface area contributed by atoms with E-state index in [0.717, 1.165) is 23.5 Å². The Kier molecular flexibility index (Phi) is 4.89. The Morgan fingerprint density at radius 3 is 2.43 bits per heavy atom. The first-order valence-corrected chi connectivity index (χ1v) is 5.66. The second-order valence-corrected chi connectivity index (χ2v) is 3.89. The molecule has 0 aromatic heterocycles. The van der Waals surface area contributed by atoms with Crippen molar-refractivity contribution < 1.29 is 37.0 Å². The summed E-state index contributed by atoms with van der Waals surface area (Å²) in [6.45, 7) is 0.788. The summed E-state index contributed by atoms with van der Waals surface area (Å²) in [5.41, 5.74) is -4.71. The number of hydrogen-bond donors (Lipinski definition) is 2. The topological polar surface area (TPSA) is 75.6 Å². The van der Waals surface area contributed by atoms with E-state index in [-0.39, 0.29) is 0 Å². The summed E-state index contributed by atoms with van der Waals surface area (Å²) < 4.78 is 55.4. The summed E-state index contributed by atoms with van der Waals surface area (Å²) in [6.07, 6.45) is -5.51. The predicted octanol–water partition coefficient (Wildman–Crippen LogP) is 1.37. The van der Waals surface area contributed by atoms with Gasteiger partial charge in [-0.25, -0.2) is 9.18 Å². The van der Waals surface area contributed by atoms with Crippen molar-refractivity contribution in [1.29, 1.82) is 0 Å². The molecule has 0 aliphatic heterocycles. The Morgan fingerprint density at radius 1 is 1.33 bits per heavy atom. The second kappa shape index (κ2) is 6.08. The smallest absolute Gasteiger partial charge is 0.448 e. The maximum Gasteiger partial charge on any atom is 0.448 e. The van der Waals surface area contributed by atoms with Crippen LogP contribution >= 0.6 is 0 Å². The third-order valence-electron chi connectivity index (χ3n) is 2.36. The summed E-state index contributed by atoms with van der Waals surface area (Å²) in [6, 6.07) is 3.72. The highest BCUT2D eigenvalue weighted by Gasteiger charge is 2.62. The van der Waals surface area contributed by atoms with Crippen LogP contribution in [-0.4, -0.2) is 35.5 Å². The molecule has 1 aromatic rings. The maximum absolute atomic E-state index is 12.9. The van der Waals surface area contributed by atoms with Crippen LogP contribution in [0.2, 0.25) is 0 Å². The predicted molar refractivity (Wildman–Crippen MR) is 61.5 cm³/mol. The van der Waals surface area contributed by atoms with E-state index in [1.165, 1.54) is 6.92 Å². The van der Waals surface area contributed by atoms with Crippen molar-refractivity contribution in [1.82, 2.24) is 5.32 Å². The molecule has 0 fully saturated rings. The van der Waals surface area contributed by atoms with Crippen LogP contribution in [0.15, 0.2) is 24.3 Å². The third-order valence-corrected chi connectivity index (χ3v) is 2.36. The average Bonchev–Trinajstić information content (AvgIpc) is 2.37. The number of halogens is 4. The third kappa shape index (κ3) is 3.69. The van der Waals surface area contributed by atoms with Crippen molar-refractivity contribution in [2.24, 2.45) is 0 Å². The lowest BCUT2D eigenvalue weighted by atomic mass is 10.1. The summed E-state index contributed by atoms with van der Waals surface area (Å²) in [5.74, 6) is -4.43. The van der Waals surface area contributed by atoms with Crippen molar-refractivity contribution in [2.45, 2.75) is 18.8 Å². The van der Waals surface area contributed by atoms with E-state index >= 15 is 0 Å². The number of amides is 1. The molecular weight excluding hydrogens is 298 g/mol. The van der Waals surface area contributed by atoms with Gasteiger partial charge >= 0.3 is 17.9 Å². The molecule has 0 saturated carbocycles. The molecule has 0 heterocycles. The molecule has 21 heavy (non-hydrogen) atoms. The molecule has 0 aliphatic rings. The average molecular weight is 309 g/mol. The van der Waals surface area contributed by atoms with Crippen LogP contribution in [-0.2, 0) is 9.53 Å². The zero-order chi connectivity index (χ0) is 16.3. The van der Waals surface area contributed by atoms with Crippen molar-refractivity contribution in [3.05, 3.63) is 35.6 Å². The van der Waals surface area contributed by atoms with Crippen LogP contribution in [0.3, 0.4) is 0 Å². The summed E-state index contributed by atoms with van der Waals surface area (Å²) in [5, 5.41) is 10.5. The molecule has 1 unspecified atom stereocenters. The van der Waals surface area contributed by atoms with E-state index in [9.17, 15) is 32.3 Å². The van der Waals surface area contributed by atoms with Gasteiger partial charge < -0.3 is 15.2 Å².